The molecule has 1 unspecified atom stereocenters. The van der Waals surface area contributed by atoms with Gasteiger partial charge in [0.15, 0.2) is 0 Å². The number of nitrogens with one attached hydrogen (secondary N) is 1. The van der Waals surface area contributed by atoms with E-state index in [2.05, 4.69) is 5.32 Å². The van der Waals surface area contributed by atoms with Gasteiger partial charge in [-0.05, 0) is 38.0 Å². The molecule has 0 saturated heterocycles. The first-order valence-corrected chi connectivity index (χ1v) is 7.80. The molecule has 1 aliphatic rings. The fourth-order valence-corrected chi connectivity index (χ4v) is 2.93. The molecule has 1 amide bonds. The number of rotatable bonds is 7. The number of carboxylic acids is 1. The summed E-state index contributed by atoms with van der Waals surface area (Å²) < 4.78 is 37.7. The average Bonchev–Trinajstić information content (AvgIpc) is 2.42. The minimum Gasteiger partial charge on any atom is -0.481 e. The van der Waals surface area contributed by atoms with Crippen molar-refractivity contribution in [3.05, 3.63) is 0 Å². The number of carbonyl (C=O) groups excluding carboxylic acids is 1. The molecule has 1 atom stereocenters. The highest BCUT2D eigenvalue weighted by Gasteiger charge is 2.41. The Hall–Kier alpha value is -1.27. The minimum absolute atomic E-state index is 0.0342. The molecule has 0 aliphatic heterocycles. The molecule has 1 rings (SSSR count). The lowest BCUT2D eigenvalue weighted by Gasteiger charge is -2.29. The van der Waals surface area contributed by atoms with Gasteiger partial charge >= 0.3 is 12.1 Å². The van der Waals surface area contributed by atoms with Crippen LogP contribution in [0.1, 0.15) is 51.9 Å². The predicted octanol–water partition coefficient (Wildman–Crippen LogP) is 3.36. The summed E-state index contributed by atoms with van der Waals surface area (Å²) in [5.41, 5.74) is 0. The van der Waals surface area contributed by atoms with Crippen molar-refractivity contribution in [2.24, 2.45) is 17.8 Å². The van der Waals surface area contributed by atoms with Crippen molar-refractivity contribution in [3.8, 4) is 0 Å². The molecule has 0 heterocycles. The number of halogens is 3. The molecule has 0 aromatic carbocycles. The van der Waals surface area contributed by atoms with Crippen molar-refractivity contribution >= 4 is 11.9 Å². The molecule has 0 aromatic rings. The first-order valence-electron chi connectivity index (χ1n) is 7.80. The Morgan fingerprint density at radius 3 is 2.27 bits per heavy atom. The Morgan fingerprint density at radius 1 is 1.23 bits per heavy atom. The fraction of sp³-hybridized carbons (Fsp3) is 0.867. The largest absolute Gasteiger partial charge is 0.481 e. The van der Waals surface area contributed by atoms with Crippen LogP contribution in [0.15, 0.2) is 0 Å². The van der Waals surface area contributed by atoms with E-state index in [-0.39, 0.29) is 37.6 Å². The van der Waals surface area contributed by atoms with Crippen molar-refractivity contribution in [1.29, 1.82) is 0 Å². The van der Waals surface area contributed by atoms with Crippen LogP contribution in [-0.4, -0.2) is 29.7 Å². The number of amides is 1. The zero-order valence-electron chi connectivity index (χ0n) is 12.8. The van der Waals surface area contributed by atoms with Crippen LogP contribution in [0, 0.1) is 17.8 Å². The van der Waals surface area contributed by atoms with Gasteiger partial charge in [0.05, 0.1) is 11.8 Å². The summed E-state index contributed by atoms with van der Waals surface area (Å²) in [6, 6.07) is 0. The van der Waals surface area contributed by atoms with Crippen LogP contribution in [0.4, 0.5) is 13.2 Å². The number of aliphatic carboxylic acids is 1. The maximum Gasteiger partial charge on any atom is 0.391 e. The van der Waals surface area contributed by atoms with Gasteiger partial charge in [-0.3, -0.25) is 9.59 Å². The van der Waals surface area contributed by atoms with Crippen molar-refractivity contribution < 1.29 is 27.9 Å². The summed E-state index contributed by atoms with van der Waals surface area (Å²) in [5.74, 6) is -3.08. The van der Waals surface area contributed by atoms with Gasteiger partial charge in [-0.1, -0.05) is 13.3 Å². The van der Waals surface area contributed by atoms with Gasteiger partial charge in [0.1, 0.15) is 0 Å². The quantitative estimate of drug-likeness (QED) is 0.755. The molecule has 128 valence electrons. The molecule has 0 bridgehead atoms. The van der Waals surface area contributed by atoms with E-state index >= 15 is 0 Å². The molecule has 2 N–H and O–H groups in total. The molecule has 1 fully saturated rings. The Balaban J connectivity index is 2.30. The van der Waals surface area contributed by atoms with Gasteiger partial charge in [-0.15, -0.1) is 0 Å². The summed E-state index contributed by atoms with van der Waals surface area (Å²) in [4.78, 5) is 22.8. The van der Waals surface area contributed by atoms with Gasteiger partial charge in [0.25, 0.3) is 0 Å². The number of alkyl halides is 3. The third-order valence-corrected chi connectivity index (χ3v) is 4.32. The van der Waals surface area contributed by atoms with Crippen LogP contribution < -0.4 is 5.32 Å². The van der Waals surface area contributed by atoms with Crippen LogP contribution in [-0.2, 0) is 9.59 Å². The van der Waals surface area contributed by atoms with E-state index in [4.69, 9.17) is 5.11 Å². The van der Waals surface area contributed by atoms with Gasteiger partial charge in [-0.25, -0.2) is 0 Å². The van der Waals surface area contributed by atoms with Crippen LogP contribution in [0.25, 0.3) is 0 Å². The van der Waals surface area contributed by atoms with E-state index in [0.717, 1.165) is 0 Å². The van der Waals surface area contributed by atoms with Gasteiger partial charge in [-0.2, -0.15) is 13.2 Å². The number of hydrogen-bond acceptors (Lipinski definition) is 2. The molecule has 1 saturated carbocycles. The van der Waals surface area contributed by atoms with E-state index in [9.17, 15) is 22.8 Å². The van der Waals surface area contributed by atoms with Crippen LogP contribution >= 0.6 is 0 Å². The Bertz CT molecular complexity index is 377. The normalized spacial score (nSPS) is 23.8. The molecular weight excluding hydrogens is 299 g/mol. The zero-order valence-corrected chi connectivity index (χ0v) is 12.8. The zero-order chi connectivity index (χ0) is 16.8. The highest BCUT2D eigenvalue weighted by atomic mass is 19.4. The summed E-state index contributed by atoms with van der Waals surface area (Å²) >= 11 is 0. The molecule has 4 nitrogen and oxygen atoms in total. The van der Waals surface area contributed by atoms with Gasteiger partial charge in [0.2, 0.25) is 5.91 Å². The lowest BCUT2D eigenvalue weighted by molar-refractivity contribution is -0.184. The van der Waals surface area contributed by atoms with Crippen molar-refractivity contribution in [3.63, 3.8) is 0 Å². The molecule has 22 heavy (non-hydrogen) atoms. The second kappa shape index (κ2) is 8.39. The SMILES string of the molecule is CCCC(CNC(=O)CC1CCC(C(F)(F)F)CC1)C(=O)O. The summed E-state index contributed by atoms with van der Waals surface area (Å²) in [7, 11) is 0. The third kappa shape index (κ3) is 6.23. The standard InChI is InChI=1S/C15H24F3NO3/c1-2-3-11(14(21)22)9-19-13(20)8-10-4-6-12(7-5-10)15(16,17)18/h10-12H,2-9H2,1H3,(H,19,20)(H,21,22). The summed E-state index contributed by atoms with van der Waals surface area (Å²) in [6.45, 7) is 1.96. The monoisotopic (exact) mass is 323 g/mol. The van der Waals surface area contributed by atoms with Crippen molar-refractivity contribution in [2.75, 3.05) is 6.54 Å². The second-order valence-electron chi connectivity index (χ2n) is 6.09. The van der Waals surface area contributed by atoms with E-state index in [1.165, 1.54) is 0 Å². The van der Waals surface area contributed by atoms with E-state index in [1.54, 1.807) is 0 Å². The minimum atomic E-state index is -4.14. The molecule has 7 heteroatoms. The maximum absolute atomic E-state index is 12.6. The lowest BCUT2D eigenvalue weighted by atomic mass is 9.80. The lowest BCUT2D eigenvalue weighted by Crippen LogP contribution is -2.35. The highest BCUT2D eigenvalue weighted by molar-refractivity contribution is 5.77. The Labute approximate surface area is 128 Å². The molecular formula is C15H24F3NO3. The Kier molecular flexibility index (Phi) is 7.16. The average molecular weight is 323 g/mol. The molecule has 0 radical (unpaired) electrons. The van der Waals surface area contributed by atoms with Crippen molar-refractivity contribution in [2.45, 2.75) is 58.0 Å². The van der Waals surface area contributed by atoms with Gasteiger partial charge in [0, 0.05) is 13.0 Å². The van der Waals surface area contributed by atoms with Gasteiger partial charge < -0.3 is 10.4 Å². The number of carboxylic acid groups (broad SMARTS) is 1. The third-order valence-electron chi connectivity index (χ3n) is 4.32. The van der Waals surface area contributed by atoms with E-state index in [0.29, 0.717) is 25.7 Å². The van der Waals surface area contributed by atoms with Crippen molar-refractivity contribution in [1.82, 2.24) is 5.32 Å². The first kappa shape index (κ1) is 18.8. The summed E-state index contributed by atoms with van der Waals surface area (Å²) in [6.07, 6.45) is -1.79. The highest BCUT2D eigenvalue weighted by Crippen LogP contribution is 2.40. The molecule has 1 aliphatic carbocycles. The van der Waals surface area contributed by atoms with E-state index < -0.39 is 24.0 Å². The molecule has 0 aromatic heterocycles. The van der Waals surface area contributed by atoms with E-state index in [1.807, 2.05) is 6.92 Å². The van der Waals surface area contributed by atoms with Crippen LogP contribution in [0.2, 0.25) is 0 Å². The maximum atomic E-state index is 12.6. The Morgan fingerprint density at radius 2 is 1.82 bits per heavy atom. The predicted molar refractivity (Wildman–Crippen MR) is 75.2 cm³/mol. The second-order valence-corrected chi connectivity index (χ2v) is 6.09. The number of hydrogen-bond donors (Lipinski definition) is 2. The summed E-state index contributed by atoms with van der Waals surface area (Å²) in [5, 5.41) is 11.6. The smallest absolute Gasteiger partial charge is 0.391 e. The fourth-order valence-electron chi connectivity index (χ4n) is 2.93. The molecule has 0 spiro atoms. The van der Waals surface area contributed by atoms with Crippen LogP contribution in [0.5, 0.6) is 0 Å². The topological polar surface area (TPSA) is 66.4 Å². The first-order chi connectivity index (χ1) is 10.2. The number of carbonyl (C=O) groups is 2. The van der Waals surface area contributed by atoms with Crippen LogP contribution in [0.3, 0.4) is 0 Å².